The number of carbonyl (C=O) groups excluding carboxylic acids is 1. The van der Waals surface area contributed by atoms with Crippen LogP contribution in [0, 0.1) is 0 Å². The lowest BCUT2D eigenvalue weighted by Crippen LogP contribution is -2.38. The number of hydrogen-bond donors (Lipinski definition) is 0. The van der Waals surface area contributed by atoms with Gasteiger partial charge in [-0.15, -0.1) is 23.7 Å². The summed E-state index contributed by atoms with van der Waals surface area (Å²) in [6.07, 6.45) is 0. The predicted molar refractivity (Wildman–Crippen MR) is 125 cm³/mol. The minimum Gasteiger partial charge on any atom is -0.494 e. The number of thiazole rings is 1. The Kier molecular flexibility index (Phi) is 8.70. The third-order valence-electron chi connectivity index (χ3n) is 4.38. The van der Waals surface area contributed by atoms with E-state index in [1.54, 1.807) is 12.0 Å². The third kappa shape index (κ3) is 5.04. The van der Waals surface area contributed by atoms with Gasteiger partial charge in [0.05, 0.1) is 20.5 Å². The molecular weight excluding hydrogens is 482 g/mol. The van der Waals surface area contributed by atoms with Gasteiger partial charge in [-0.05, 0) is 53.3 Å². The molecule has 0 aliphatic rings. The molecule has 0 atom stereocenters. The second-order valence-corrected chi connectivity index (χ2v) is 9.36. The summed E-state index contributed by atoms with van der Waals surface area (Å²) >= 11 is 6.41. The summed E-state index contributed by atoms with van der Waals surface area (Å²) in [6, 6.07) is 9.61. The maximum atomic E-state index is 13.2. The monoisotopic (exact) mass is 503 g/mol. The van der Waals surface area contributed by atoms with Crippen molar-refractivity contribution in [2.75, 3.05) is 38.2 Å². The van der Waals surface area contributed by atoms with Gasteiger partial charge in [0, 0.05) is 13.1 Å². The highest BCUT2D eigenvalue weighted by Gasteiger charge is 2.23. The van der Waals surface area contributed by atoms with E-state index in [9.17, 15) is 4.79 Å². The van der Waals surface area contributed by atoms with E-state index < -0.39 is 0 Å². The smallest absolute Gasteiger partial charge is 0.270 e. The van der Waals surface area contributed by atoms with Gasteiger partial charge in [0.15, 0.2) is 5.13 Å². The largest absolute Gasteiger partial charge is 0.494 e. The summed E-state index contributed by atoms with van der Waals surface area (Å²) in [7, 11) is 1.64. The fourth-order valence-electron chi connectivity index (χ4n) is 2.82. The van der Waals surface area contributed by atoms with Gasteiger partial charge >= 0.3 is 0 Å². The van der Waals surface area contributed by atoms with Gasteiger partial charge < -0.3 is 9.64 Å². The molecule has 2 heterocycles. The molecule has 0 radical (unpaired) electrons. The van der Waals surface area contributed by atoms with Gasteiger partial charge in [-0.25, -0.2) is 4.98 Å². The summed E-state index contributed by atoms with van der Waals surface area (Å²) in [5.74, 6) is 0.709. The molecular formula is C19H23BrClN3O2S2. The van der Waals surface area contributed by atoms with E-state index in [0.717, 1.165) is 39.4 Å². The minimum absolute atomic E-state index is 0. The van der Waals surface area contributed by atoms with Gasteiger partial charge in [-0.2, -0.15) is 0 Å². The summed E-state index contributed by atoms with van der Waals surface area (Å²) in [5.41, 5.74) is 0.799. The van der Waals surface area contributed by atoms with Crippen molar-refractivity contribution in [3.8, 4) is 5.75 Å². The molecule has 0 unspecified atom stereocenters. The van der Waals surface area contributed by atoms with E-state index in [4.69, 9.17) is 9.72 Å². The van der Waals surface area contributed by atoms with Crippen LogP contribution in [-0.4, -0.2) is 49.1 Å². The number of amides is 1. The molecule has 0 N–H and O–H groups in total. The topological polar surface area (TPSA) is 45.7 Å². The second-order valence-electron chi connectivity index (χ2n) is 5.89. The lowest BCUT2D eigenvalue weighted by atomic mass is 10.3. The number of ether oxygens (including phenoxy) is 1. The van der Waals surface area contributed by atoms with Crippen molar-refractivity contribution in [1.82, 2.24) is 9.88 Å². The lowest BCUT2D eigenvalue weighted by Gasteiger charge is -2.24. The normalized spacial score (nSPS) is 10.9. The third-order valence-corrected chi connectivity index (χ3v) is 7.04. The molecule has 2 aromatic heterocycles. The predicted octanol–water partition coefficient (Wildman–Crippen LogP) is 5.54. The number of likely N-dealkylation sites (N-methyl/N-ethyl adjacent to an activating group) is 1. The van der Waals surface area contributed by atoms with Crippen molar-refractivity contribution in [2.45, 2.75) is 13.8 Å². The number of rotatable bonds is 8. The number of halogens is 2. The molecule has 5 nitrogen and oxygen atoms in total. The molecule has 28 heavy (non-hydrogen) atoms. The van der Waals surface area contributed by atoms with Crippen molar-refractivity contribution in [3.63, 3.8) is 0 Å². The fraction of sp³-hybridized carbons (Fsp3) is 0.368. The lowest BCUT2D eigenvalue weighted by molar-refractivity contribution is 0.0987. The van der Waals surface area contributed by atoms with Gasteiger partial charge in [0.2, 0.25) is 0 Å². The van der Waals surface area contributed by atoms with Crippen LogP contribution in [0.25, 0.3) is 10.2 Å². The van der Waals surface area contributed by atoms with Crippen molar-refractivity contribution < 1.29 is 9.53 Å². The molecule has 0 saturated heterocycles. The second kappa shape index (κ2) is 10.5. The zero-order valence-electron chi connectivity index (χ0n) is 16.0. The standard InChI is InChI=1S/C19H22BrN3O2S2.ClH/c1-4-22(5-2)11-12-23(18(24)15-9-10-16(20)26-15)19-21-17-13(25-3)7-6-8-14(17)27-19;/h6-10H,4-5,11-12H2,1-3H3;1H. The number of anilines is 1. The summed E-state index contributed by atoms with van der Waals surface area (Å²) < 4.78 is 7.39. The number of para-hydroxylation sites is 1. The van der Waals surface area contributed by atoms with Crippen LogP contribution < -0.4 is 9.64 Å². The van der Waals surface area contributed by atoms with Crippen molar-refractivity contribution in [3.05, 3.63) is 39.0 Å². The highest BCUT2D eigenvalue weighted by atomic mass is 79.9. The molecule has 152 valence electrons. The molecule has 1 amide bonds. The first kappa shape index (κ1) is 23.1. The zero-order chi connectivity index (χ0) is 19.4. The maximum Gasteiger partial charge on any atom is 0.270 e. The fourth-order valence-corrected chi connectivity index (χ4v) is 5.16. The van der Waals surface area contributed by atoms with E-state index in [0.29, 0.717) is 16.6 Å². The van der Waals surface area contributed by atoms with Crippen LogP contribution in [-0.2, 0) is 0 Å². The Morgan fingerprint density at radius 1 is 1.14 bits per heavy atom. The maximum absolute atomic E-state index is 13.2. The SMILES string of the molecule is CCN(CC)CCN(C(=O)c1ccc(Br)s1)c1nc2c(OC)cccc2s1.Cl. The summed E-state index contributed by atoms with van der Waals surface area (Å²) in [4.78, 5) is 22.7. The first-order valence-electron chi connectivity index (χ1n) is 8.80. The number of methoxy groups -OCH3 is 1. The zero-order valence-corrected chi connectivity index (χ0v) is 20.0. The van der Waals surface area contributed by atoms with E-state index in [1.807, 2.05) is 30.3 Å². The molecule has 3 rings (SSSR count). The van der Waals surface area contributed by atoms with E-state index in [1.165, 1.54) is 22.7 Å². The van der Waals surface area contributed by atoms with E-state index >= 15 is 0 Å². The number of fused-ring (bicyclic) bond motifs is 1. The molecule has 0 bridgehead atoms. The molecule has 0 saturated carbocycles. The van der Waals surface area contributed by atoms with Crippen molar-refractivity contribution >= 4 is 72.3 Å². The van der Waals surface area contributed by atoms with Gasteiger partial charge in [0.1, 0.15) is 11.3 Å². The highest BCUT2D eigenvalue weighted by Crippen LogP contribution is 2.35. The average molecular weight is 505 g/mol. The number of benzene rings is 1. The molecule has 3 aromatic rings. The molecule has 0 aliphatic carbocycles. The van der Waals surface area contributed by atoms with Gasteiger partial charge in [0.25, 0.3) is 5.91 Å². The minimum atomic E-state index is -0.0177. The Morgan fingerprint density at radius 3 is 2.50 bits per heavy atom. The van der Waals surface area contributed by atoms with Crippen molar-refractivity contribution in [1.29, 1.82) is 0 Å². The Labute approximate surface area is 187 Å². The molecule has 0 fully saturated rings. The quantitative estimate of drug-likeness (QED) is 0.404. The first-order valence-corrected chi connectivity index (χ1v) is 11.2. The van der Waals surface area contributed by atoms with E-state index in [2.05, 4.69) is 34.7 Å². The first-order chi connectivity index (χ1) is 13.1. The molecule has 0 aliphatic heterocycles. The van der Waals surface area contributed by atoms with Crippen LogP contribution in [0.4, 0.5) is 5.13 Å². The Hall–Kier alpha value is -1.19. The average Bonchev–Trinajstić information content (AvgIpc) is 3.30. The van der Waals surface area contributed by atoms with Crippen LogP contribution in [0.15, 0.2) is 34.1 Å². The molecule has 0 spiro atoms. The number of carbonyl (C=O) groups is 1. The Bertz CT molecular complexity index is 927. The van der Waals surface area contributed by atoms with Crippen LogP contribution in [0.1, 0.15) is 23.5 Å². The van der Waals surface area contributed by atoms with Gasteiger partial charge in [-0.1, -0.05) is 31.3 Å². The van der Waals surface area contributed by atoms with Crippen LogP contribution >= 0.6 is 51.0 Å². The number of hydrogen-bond acceptors (Lipinski definition) is 6. The number of nitrogens with zero attached hydrogens (tertiary/aromatic N) is 3. The van der Waals surface area contributed by atoms with Crippen LogP contribution in [0.3, 0.4) is 0 Å². The van der Waals surface area contributed by atoms with Crippen LogP contribution in [0.5, 0.6) is 5.75 Å². The Morgan fingerprint density at radius 2 is 1.89 bits per heavy atom. The summed E-state index contributed by atoms with van der Waals surface area (Å²) in [5, 5.41) is 0.705. The van der Waals surface area contributed by atoms with E-state index in [-0.39, 0.29) is 18.3 Å². The molecule has 9 heteroatoms. The number of aromatic nitrogens is 1. The Balaban J connectivity index is 0.00000280. The van der Waals surface area contributed by atoms with Gasteiger partial charge in [-0.3, -0.25) is 9.69 Å². The van der Waals surface area contributed by atoms with Crippen LogP contribution in [0.2, 0.25) is 0 Å². The van der Waals surface area contributed by atoms with Crippen molar-refractivity contribution in [2.24, 2.45) is 0 Å². The highest BCUT2D eigenvalue weighted by molar-refractivity contribution is 9.11. The number of thiophene rings is 1. The summed E-state index contributed by atoms with van der Waals surface area (Å²) in [6.45, 7) is 7.58. The molecule has 1 aromatic carbocycles.